The largest absolute Gasteiger partial charge is 0.338 e. The summed E-state index contributed by atoms with van der Waals surface area (Å²) >= 11 is 0. The van der Waals surface area contributed by atoms with E-state index < -0.39 is 0 Å². The van der Waals surface area contributed by atoms with Crippen molar-refractivity contribution in [3.63, 3.8) is 0 Å². The van der Waals surface area contributed by atoms with Gasteiger partial charge in [-0.15, -0.1) is 12.4 Å². The van der Waals surface area contributed by atoms with Gasteiger partial charge < -0.3 is 10.2 Å². The molecule has 1 spiro atoms. The molecule has 0 aliphatic carbocycles. The number of amides is 1. The number of hydrogen-bond acceptors (Lipinski definition) is 2. The molecule has 20 heavy (non-hydrogen) atoms. The fourth-order valence-electron chi connectivity index (χ4n) is 3.23. The second kappa shape index (κ2) is 6.10. The van der Waals surface area contributed by atoms with Gasteiger partial charge in [-0.05, 0) is 49.0 Å². The van der Waals surface area contributed by atoms with E-state index in [1.54, 1.807) is 12.1 Å². The highest BCUT2D eigenvalue weighted by Crippen LogP contribution is 2.39. The summed E-state index contributed by atoms with van der Waals surface area (Å²) in [6.07, 6.45) is 2.84. The fourth-order valence-corrected chi connectivity index (χ4v) is 3.23. The summed E-state index contributed by atoms with van der Waals surface area (Å²) in [7, 11) is 0. The summed E-state index contributed by atoms with van der Waals surface area (Å²) in [6.45, 7) is 3.48. The summed E-state index contributed by atoms with van der Waals surface area (Å²) in [5.41, 5.74) is 1.18. The molecule has 2 aliphatic heterocycles. The van der Waals surface area contributed by atoms with E-state index in [9.17, 15) is 9.18 Å². The smallest absolute Gasteiger partial charge is 0.223 e. The molecule has 1 aromatic carbocycles. The highest BCUT2D eigenvalue weighted by atomic mass is 35.5. The van der Waals surface area contributed by atoms with Crippen LogP contribution in [0, 0.1) is 11.2 Å². The third-order valence-electron chi connectivity index (χ3n) is 4.36. The molecule has 0 atom stereocenters. The van der Waals surface area contributed by atoms with Crippen LogP contribution in [-0.4, -0.2) is 30.4 Å². The minimum absolute atomic E-state index is 0. The molecule has 2 heterocycles. The number of carbonyl (C=O) groups excluding carboxylic acids is 1. The van der Waals surface area contributed by atoms with Crippen molar-refractivity contribution >= 4 is 18.3 Å². The highest BCUT2D eigenvalue weighted by molar-refractivity contribution is 5.85. The minimum Gasteiger partial charge on any atom is -0.338 e. The van der Waals surface area contributed by atoms with Crippen molar-refractivity contribution in [2.45, 2.75) is 25.8 Å². The molecular formula is C15H20ClFN2O. The Morgan fingerprint density at radius 1 is 1.20 bits per heavy atom. The number of likely N-dealkylation sites (tertiary alicyclic amines) is 1. The van der Waals surface area contributed by atoms with Gasteiger partial charge in [0.2, 0.25) is 5.91 Å². The molecule has 0 unspecified atom stereocenters. The maximum atomic E-state index is 12.9. The fraction of sp³-hybridized carbons (Fsp3) is 0.533. The van der Waals surface area contributed by atoms with Crippen LogP contribution in [0.2, 0.25) is 0 Å². The van der Waals surface area contributed by atoms with Crippen LogP contribution < -0.4 is 5.32 Å². The Balaban J connectivity index is 0.00000147. The van der Waals surface area contributed by atoms with Gasteiger partial charge in [-0.2, -0.15) is 0 Å². The summed E-state index contributed by atoms with van der Waals surface area (Å²) in [6, 6.07) is 6.43. The van der Waals surface area contributed by atoms with E-state index >= 15 is 0 Å². The van der Waals surface area contributed by atoms with Crippen molar-refractivity contribution in [1.82, 2.24) is 10.2 Å². The zero-order valence-electron chi connectivity index (χ0n) is 11.4. The number of carbonyl (C=O) groups is 1. The Morgan fingerprint density at radius 3 is 2.50 bits per heavy atom. The van der Waals surface area contributed by atoms with Gasteiger partial charge in [0.1, 0.15) is 5.82 Å². The summed E-state index contributed by atoms with van der Waals surface area (Å²) in [5, 5.41) is 3.35. The highest BCUT2D eigenvalue weighted by Gasteiger charge is 2.43. The van der Waals surface area contributed by atoms with Gasteiger partial charge in [-0.3, -0.25) is 4.79 Å². The molecule has 2 fully saturated rings. The van der Waals surface area contributed by atoms with Gasteiger partial charge in [0.05, 0.1) is 0 Å². The molecule has 2 saturated heterocycles. The average Bonchev–Trinajstić information content (AvgIpc) is 2.69. The first-order chi connectivity index (χ1) is 9.17. The number of rotatable bonds is 2. The van der Waals surface area contributed by atoms with Crippen molar-refractivity contribution in [2.24, 2.45) is 5.41 Å². The number of halogens is 2. The van der Waals surface area contributed by atoms with Gasteiger partial charge >= 0.3 is 0 Å². The van der Waals surface area contributed by atoms with Crippen molar-refractivity contribution < 1.29 is 9.18 Å². The molecular weight excluding hydrogens is 279 g/mol. The van der Waals surface area contributed by atoms with E-state index in [1.165, 1.54) is 12.1 Å². The molecule has 3 nitrogen and oxygen atoms in total. The van der Waals surface area contributed by atoms with E-state index in [2.05, 4.69) is 5.32 Å². The van der Waals surface area contributed by atoms with Crippen LogP contribution in [0.3, 0.4) is 0 Å². The Kier molecular flexibility index (Phi) is 4.66. The quantitative estimate of drug-likeness (QED) is 0.909. The van der Waals surface area contributed by atoms with Gasteiger partial charge in [0, 0.05) is 19.5 Å². The molecule has 0 aromatic heterocycles. The molecule has 0 saturated carbocycles. The topological polar surface area (TPSA) is 32.3 Å². The maximum absolute atomic E-state index is 12.9. The Labute approximate surface area is 124 Å². The standard InChI is InChI=1S/C15H19FN2O.ClH/c16-13-3-1-12(2-4-13)10-18-11-15(9-14(18)19)5-7-17-8-6-15;/h1-4,17H,5-11H2;1H. The van der Waals surface area contributed by atoms with Crippen molar-refractivity contribution in [3.8, 4) is 0 Å². The van der Waals surface area contributed by atoms with E-state index in [-0.39, 0.29) is 29.5 Å². The van der Waals surface area contributed by atoms with E-state index in [0.717, 1.165) is 38.0 Å². The Hall–Kier alpha value is -1.13. The van der Waals surface area contributed by atoms with Gasteiger partial charge in [0.25, 0.3) is 0 Å². The van der Waals surface area contributed by atoms with Crippen LogP contribution in [0.15, 0.2) is 24.3 Å². The predicted octanol–water partition coefficient (Wildman–Crippen LogP) is 2.35. The lowest BCUT2D eigenvalue weighted by Crippen LogP contribution is -2.38. The third-order valence-corrected chi connectivity index (χ3v) is 4.36. The van der Waals surface area contributed by atoms with Crippen LogP contribution in [0.1, 0.15) is 24.8 Å². The van der Waals surface area contributed by atoms with Crippen LogP contribution in [0.25, 0.3) is 0 Å². The van der Waals surface area contributed by atoms with Gasteiger partial charge in [-0.1, -0.05) is 12.1 Å². The first kappa shape index (κ1) is 15.3. The van der Waals surface area contributed by atoms with Gasteiger partial charge in [-0.25, -0.2) is 4.39 Å². The normalized spacial score (nSPS) is 21.1. The number of piperidine rings is 1. The molecule has 0 bridgehead atoms. The molecule has 1 N–H and O–H groups in total. The minimum atomic E-state index is -0.230. The van der Waals surface area contributed by atoms with Crippen LogP contribution in [-0.2, 0) is 11.3 Å². The number of benzene rings is 1. The predicted molar refractivity (Wildman–Crippen MR) is 78.2 cm³/mol. The zero-order chi connectivity index (χ0) is 13.3. The first-order valence-corrected chi connectivity index (χ1v) is 6.90. The monoisotopic (exact) mass is 298 g/mol. The molecule has 110 valence electrons. The lowest BCUT2D eigenvalue weighted by molar-refractivity contribution is -0.128. The lowest BCUT2D eigenvalue weighted by Gasteiger charge is -2.33. The SMILES string of the molecule is Cl.O=C1CC2(CCNCC2)CN1Cc1ccc(F)cc1. The number of hydrogen-bond donors (Lipinski definition) is 1. The summed E-state index contributed by atoms with van der Waals surface area (Å²) in [5.74, 6) is 0.0116. The first-order valence-electron chi connectivity index (χ1n) is 6.90. The number of nitrogens with one attached hydrogen (secondary N) is 1. The summed E-state index contributed by atoms with van der Waals surface area (Å²) < 4.78 is 12.9. The lowest BCUT2D eigenvalue weighted by atomic mass is 9.78. The molecule has 1 aromatic rings. The second-order valence-electron chi connectivity index (χ2n) is 5.80. The molecule has 3 rings (SSSR count). The van der Waals surface area contributed by atoms with E-state index in [1.807, 2.05) is 4.90 Å². The van der Waals surface area contributed by atoms with E-state index in [4.69, 9.17) is 0 Å². The molecule has 5 heteroatoms. The average molecular weight is 299 g/mol. The zero-order valence-corrected chi connectivity index (χ0v) is 12.2. The van der Waals surface area contributed by atoms with Crippen LogP contribution >= 0.6 is 12.4 Å². The van der Waals surface area contributed by atoms with Crippen molar-refractivity contribution in [1.29, 1.82) is 0 Å². The van der Waals surface area contributed by atoms with Crippen LogP contribution in [0.4, 0.5) is 4.39 Å². The molecule has 2 aliphatic rings. The molecule has 1 amide bonds. The van der Waals surface area contributed by atoms with Gasteiger partial charge in [0.15, 0.2) is 0 Å². The Bertz CT molecular complexity index is 471. The van der Waals surface area contributed by atoms with Crippen molar-refractivity contribution in [3.05, 3.63) is 35.6 Å². The second-order valence-corrected chi connectivity index (χ2v) is 5.80. The van der Waals surface area contributed by atoms with E-state index in [0.29, 0.717) is 13.0 Å². The number of nitrogens with zero attached hydrogens (tertiary/aromatic N) is 1. The Morgan fingerprint density at radius 2 is 1.85 bits per heavy atom. The van der Waals surface area contributed by atoms with Crippen LogP contribution in [0.5, 0.6) is 0 Å². The third kappa shape index (κ3) is 3.13. The summed E-state index contributed by atoms with van der Waals surface area (Å²) in [4.78, 5) is 14.1. The molecule has 0 radical (unpaired) electrons. The maximum Gasteiger partial charge on any atom is 0.223 e. The van der Waals surface area contributed by atoms with Crippen molar-refractivity contribution in [2.75, 3.05) is 19.6 Å².